The molecule has 0 aliphatic rings. The van der Waals surface area contributed by atoms with E-state index in [0.717, 1.165) is 26.1 Å². The van der Waals surface area contributed by atoms with Crippen LogP contribution in [-0.2, 0) is 13.0 Å². The van der Waals surface area contributed by atoms with Gasteiger partial charge in [-0.05, 0) is 20.5 Å². The maximum Gasteiger partial charge on any atom is 0.107 e. The second-order valence-electron chi connectivity index (χ2n) is 3.82. The average molecular weight is 264 g/mol. The number of nitrogens with zero attached hydrogens (tertiary/aromatic N) is 2. The molecule has 0 aliphatic carbocycles. The van der Waals surface area contributed by atoms with Gasteiger partial charge < -0.3 is 5.32 Å². The summed E-state index contributed by atoms with van der Waals surface area (Å²) in [7, 11) is 4.12. The van der Waals surface area contributed by atoms with Crippen LogP contribution in [0.15, 0.2) is 5.38 Å². The van der Waals surface area contributed by atoms with Crippen LogP contribution in [0.3, 0.4) is 0 Å². The number of aryl methyl sites for hydroxylation is 1. The van der Waals surface area contributed by atoms with E-state index in [0.29, 0.717) is 0 Å². The maximum absolute atomic E-state index is 4.60. The minimum absolute atomic E-state index is 0. The average Bonchev–Trinajstić information content (AvgIpc) is 2.63. The third-order valence-corrected chi connectivity index (χ3v) is 3.14. The molecule has 1 heterocycles. The van der Waals surface area contributed by atoms with Gasteiger partial charge in [-0.1, -0.05) is 13.3 Å². The monoisotopic (exact) mass is 263 g/mol. The molecule has 0 unspecified atom stereocenters. The van der Waals surface area contributed by atoms with Crippen molar-refractivity contribution in [3.05, 3.63) is 16.1 Å². The molecule has 3 nitrogen and oxygen atoms in total. The van der Waals surface area contributed by atoms with Gasteiger partial charge in [0.2, 0.25) is 0 Å². The van der Waals surface area contributed by atoms with E-state index >= 15 is 0 Å². The maximum atomic E-state index is 4.60. The molecule has 0 aromatic carbocycles. The van der Waals surface area contributed by atoms with Crippen molar-refractivity contribution in [2.75, 3.05) is 27.2 Å². The van der Waals surface area contributed by atoms with Crippen molar-refractivity contribution in [3.63, 3.8) is 0 Å². The lowest BCUT2D eigenvalue weighted by Crippen LogP contribution is -2.26. The Hall–Kier alpha value is -0.160. The quantitative estimate of drug-likeness (QED) is 0.817. The summed E-state index contributed by atoms with van der Waals surface area (Å²) in [5.74, 6) is 0. The molecule has 0 radical (unpaired) electrons. The largest absolute Gasteiger partial charge is 0.318 e. The van der Waals surface area contributed by atoms with Gasteiger partial charge in [-0.15, -0.1) is 23.7 Å². The molecule has 94 valence electrons. The van der Waals surface area contributed by atoms with Gasteiger partial charge in [0.1, 0.15) is 5.01 Å². The Labute approximate surface area is 109 Å². The smallest absolute Gasteiger partial charge is 0.107 e. The van der Waals surface area contributed by atoms with Gasteiger partial charge >= 0.3 is 0 Å². The number of aromatic nitrogens is 1. The summed E-state index contributed by atoms with van der Waals surface area (Å²) >= 11 is 1.78. The highest BCUT2D eigenvalue weighted by atomic mass is 35.5. The molecule has 0 amide bonds. The highest BCUT2D eigenvalue weighted by Gasteiger charge is 2.04. The van der Waals surface area contributed by atoms with Gasteiger partial charge in [0, 0.05) is 18.5 Å². The van der Waals surface area contributed by atoms with Crippen LogP contribution in [0.5, 0.6) is 0 Å². The highest BCUT2D eigenvalue weighted by Crippen LogP contribution is 2.12. The third kappa shape index (κ3) is 5.80. The Kier molecular flexibility index (Phi) is 8.84. The number of hydrogen-bond acceptors (Lipinski definition) is 4. The zero-order chi connectivity index (χ0) is 11.1. The van der Waals surface area contributed by atoms with Gasteiger partial charge in [-0.3, -0.25) is 4.90 Å². The van der Waals surface area contributed by atoms with Crippen LogP contribution >= 0.6 is 23.7 Å². The van der Waals surface area contributed by atoms with Crippen LogP contribution in [0.25, 0.3) is 0 Å². The van der Waals surface area contributed by atoms with Crippen LogP contribution in [-0.4, -0.2) is 37.1 Å². The van der Waals surface area contributed by atoms with Crippen LogP contribution in [0, 0.1) is 0 Å². The van der Waals surface area contributed by atoms with Crippen LogP contribution < -0.4 is 5.32 Å². The minimum Gasteiger partial charge on any atom is -0.318 e. The van der Waals surface area contributed by atoms with Crippen molar-refractivity contribution in [2.45, 2.75) is 26.3 Å². The topological polar surface area (TPSA) is 28.2 Å². The van der Waals surface area contributed by atoms with Crippen molar-refractivity contribution >= 4 is 23.7 Å². The standard InChI is InChI=1S/C11H21N3S.ClH/c1-4-5-10-9-15-11(13-10)8-14(3)7-6-12-2;/h9,12H,4-8H2,1-3H3;1H. The van der Waals surface area contributed by atoms with Crippen LogP contribution in [0.2, 0.25) is 0 Å². The van der Waals surface area contributed by atoms with E-state index in [2.05, 4.69) is 34.6 Å². The fraction of sp³-hybridized carbons (Fsp3) is 0.727. The number of nitrogens with one attached hydrogen (secondary N) is 1. The van der Waals surface area contributed by atoms with Crippen LogP contribution in [0.4, 0.5) is 0 Å². The van der Waals surface area contributed by atoms with E-state index < -0.39 is 0 Å². The Balaban J connectivity index is 0.00000225. The normalized spacial score (nSPS) is 10.5. The van der Waals surface area contributed by atoms with Crippen LogP contribution in [0.1, 0.15) is 24.0 Å². The molecule has 0 aliphatic heterocycles. The lowest BCUT2D eigenvalue weighted by molar-refractivity contribution is 0.327. The fourth-order valence-corrected chi connectivity index (χ4v) is 2.31. The Morgan fingerprint density at radius 2 is 2.25 bits per heavy atom. The van der Waals surface area contributed by atoms with Gasteiger partial charge in [-0.2, -0.15) is 0 Å². The molecule has 0 fully saturated rings. The van der Waals surface area contributed by atoms with Gasteiger partial charge in [0.25, 0.3) is 0 Å². The number of halogens is 1. The van der Waals surface area contributed by atoms with Gasteiger partial charge in [0.15, 0.2) is 0 Å². The summed E-state index contributed by atoms with van der Waals surface area (Å²) in [5, 5.41) is 6.57. The molecule has 5 heteroatoms. The second kappa shape index (κ2) is 8.93. The van der Waals surface area contributed by atoms with E-state index in [-0.39, 0.29) is 12.4 Å². The summed E-state index contributed by atoms with van der Waals surface area (Å²) in [4.78, 5) is 6.90. The summed E-state index contributed by atoms with van der Waals surface area (Å²) in [6, 6.07) is 0. The summed E-state index contributed by atoms with van der Waals surface area (Å²) < 4.78 is 0. The predicted octanol–water partition coefficient (Wildman–Crippen LogP) is 2.17. The zero-order valence-corrected chi connectivity index (χ0v) is 12.0. The lowest BCUT2D eigenvalue weighted by Gasteiger charge is -2.13. The molecule has 16 heavy (non-hydrogen) atoms. The van der Waals surface area contributed by atoms with Gasteiger partial charge in [0.05, 0.1) is 12.2 Å². The van der Waals surface area contributed by atoms with Crippen molar-refractivity contribution in [2.24, 2.45) is 0 Å². The molecule has 1 aromatic rings. The molecule has 0 bridgehead atoms. The molecule has 1 aromatic heterocycles. The number of thiazole rings is 1. The van der Waals surface area contributed by atoms with Crippen molar-refractivity contribution in [3.8, 4) is 0 Å². The Bertz CT molecular complexity index is 278. The summed E-state index contributed by atoms with van der Waals surface area (Å²) in [6.07, 6.45) is 2.29. The first-order valence-electron chi connectivity index (χ1n) is 5.52. The zero-order valence-electron chi connectivity index (χ0n) is 10.3. The first kappa shape index (κ1) is 15.8. The number of likely N-dealkylation sites (N-methyl/N-ethyl adjacent to an activating group) is 2. The van der Waals surface area contributed by atoms with E-state index in [9.17, 15) is 0 Å². The summed E-state index contributed by atoms with van der Waals surface area (Å²) in [6.45, 7) is 5.26. The van der Waals surface area contributed by atoms with Crippen molar-refractivity contribution in [1.82, 2.24) is 15.2 Å². The van der Waals surface area contributed by atoms with E-state index in [1.54, 1.807) is 11.3 Å². The van der Waals surface area contributed by atoms with Crippen molar-refractivity contribution < 1.29 is 0 Å². The molecule has 0 spiro atoms. The Morgan fingerprint density at radius 1 is 1.50 bits per heavy atom. The van der Waals surface area contributed by atoms with Gasteiger partial charge in [-0.25, -0.2) is 4.98 Å². The number of hydrogen-bond donors (Lipinski definition) is 1. The molecule has 1 N–H and O–H groups in total. The van der Waals surface area contributed by atoms with E-state index in [4.69, 9.17) is 0 Å². The lowest BCUT2D eigenvalue weighted by atomic mass is 10.3. The first-order chi connectivity index (χ1) is 7.26. The molecule has 0 saturated heterocycles. The molecule has 0 saturated carbocycles. The molecular formula is C11H22ClN3S. The minimum atomic E-state index is 0. The molecule has 0 atom stereocenters. The van der Waals surface area contributed by atoms with E-state index in [1.807, 2.05) is 7.05 Å². The predicted molar refractivity (Wildman–Crippen MR) is 73.6 cm³/mol. The van der Waals surface area contributed by atoms with E-state index in [1.165, 1.54) is 17.1 Å². The molecular weight excluding hydrogens is 242 g/mol. The second-order valence-corrected chi connectivity index (χ2v) is 4.77. The third-order valence-electron chi connectivity index (χ3n) is 2.25. The first-order valence-corrected chi connectivity index (χ1v) is 6.40. The fourth-order valence-electron chi connectivity index (χ4n) is 1.41. The molecule has 1 rings (SSSR count). The number of rotatable bonds is 7. The highest BCUT2D eigenvalue weighted by molar-refractivity contribution is 7.09. The Morgan fingerprint density at radius 3 is 2.88 bits per heavy atom. The SMILES string of the molecule is CCCc1csc(CN(C)CCNC)n1.Cl. The summed E-state index contributed by atoms with van der Waals surface area (Å²) in [5.41, 5.74) is 1.25. The van der Waals surface area contributed by atoms with Crippen molar-refractivity contribution in [1.29, 1.82) is 0 Å².